The highest BCUT2D eigenvalue weighted by molar-refractivity contribution is 9.10. The van der Waals surface area contributed by atoms with E-state index in [0.29, 0.717) is 12.0 Å². The number of hydrogen-bond acceptors (Lipinski definition) is 1. The minimum atomic E-state index is -0.210. The van der Waals surface area contributed by atoms with Gasteiger partial charge in [-0.1, -0.05) is 28.1 Å². The van der Waals surface area contributed by atoms with Gasteiger partial charge < -0.3 is 5.32 Å². The van der Waals surface area contributed by atoms with E-state index in [1.165, 1.54) is 17.7 Å². The summed E-state index contributed by atoms with van der Waals surface area (Å²) in [5.74, 6) is 0.385. The van der Waals surface area contributed by atoms with Crippen LogP contribution in [0.2, 0.25) is 0 Å². The van der Waals surface area contributed by atoms with Crippen LogP contribution in [0.4, 0.5) is 10.1 Å². The summed E-state index contributed by atoms with van der Waals surface area (Å²) in [4.78, 5) is 0. The zero-order chi connectivity index (χ0) is 14.1. The fraction of sp³-hybridized carbons (Fsp3) is 0.250. The molecule has 4 heteroatoms. The van der Waals surface area contributed by atoms with Crippen LogP contribution in [0.25, 0.3) is 0 Å². The van der Waals surface area contributed by atoms with Crippen molar-refractivity contribution < 1.29 is 4.39 Å². The molecule has 1 fully saturated rings. The molecule has 2 aromatic carbocycles. The van der Waals surface area contributed by atoms with Crippen LogP contribution in [0.5, 0.6) is 0 Å². The Morgan fingerprint density at radius 3 is 2.60 bits per heavy atom. The van der Waals surface area contributed by atoms with Crippen LogP contribution in [0.3, 0.4) is 0 Å². The third kappa shape index (κ3) is 3.07. The topological polar surface area (TPSA) is 12.0 Å². The van der Waals surface area contributed by atoms with Gasteiger partial charge in [-0.15, -0.1) is 0 Å². The van der Waals surface area contributed by atoms with E-state index in [9.17, 15) is 4.39 Å². The van der Waals surface area contributed by atoms with Gasteiger partial charge in [-0.25, -0.2) is 4.39 Å². The van der Waals surface area contributed by atoms with E-state index in [1.807, 2.05) is 6.07 Å². The molecule has 0 saturated heterocycles. The van der Waals surface area contributed by atoms with Gasteiger partial charge in [-0.3, -0.25) is 0 Å². The molecule has 0 amide bonds. The van der Waals surface area contributed by atoms with Crippen molar-refractivity contribution >= 4 is 37.5 Å². The van der Waals surface area contributed by atoms with Gasteiger partial charge in [0, 0.05) is 15.0 Å². The molecular weight excluding hydrogens is 385 g/mol. The Labute approximate surface area is 134 Å². The van der Waals surface area contributed by atoms with E-state index in [1.54, 1.807) is 6.07 Å². The molecule has 3 rings (SSSR count). The van der Waals surface area contributed by atoms with Crippen molar-refractivity contribution in [2.24, 2.45) is 0 Å². The Balaban J connectivity index is 1.62. The van der Waals surface area contributed by atoms with Crippen molar-refractivity contribution in [1.29, 1.82) is 0 Å². The standard InChI is InChI=1S/C16H14Br2FN/c17-12-3-1-2-10(6-12)11-7-14(8-11)20-16-9-13(19)4-5-15(16)18/h1-6,9,11,14,20H,7-8H2. The molecule has 2 aromatic rings. The number of halogens is 3. The maximum absolute atomic E-state index is 13.2. The van der Waals surface area contributed by atoms with E-state index in [0.717, 1.165) is 27.5 Å². The van der Waals surface area contributed by atoms with Crippen LogP contribution in [0.1, 0.15) is 24.3 Å². The smallest absolute Gasteiger partial charge is 0.125 e. The minimum absolute atomic E-state index is 0.210. The third-order valence-electron chi connectivity index (χ3n) is 3.75. The Morgan fingerprint density at radius 1 is 1.05 bits per heavy atom. The van der Waals surface area contributed by atoms with E-state index >= 15 is 0 Å². The predicted molar refractivity (Wildman–Crippen MR) is 87.6 cm³/mol. The molecule has 1 N–H and O–H groups in total. The Bertz CT molecular complexity index is 624. The highest BCUT2D eigenvalue weighted by Crippen LogP contribution is 2.40. The first kappa shape index (κ1) is 14.1. The SMILES string of the molecule is Fc1ccc(Br)c(NC2CC(c3cccc(Br)c3)C2)c1. The molecule has 0 bridgehead atoms. The van der Waals surface area contributed by atoms with Crippen LogP contribution in [-0.2, 0) is 0 Å². The molecule has 1 aliphatic carbocycles. The third-order valence-corrected chi connectivity index (χ3v) is 4.93. The molecule has 0 heterocycles. The van der Waals surface area contributed by atoms with Crippen molar-refractivity contribution in [2.45, 2.75) is 24.8 Å². The molecule has 0 radical (unpaired) electrons. The van der Waals surface area contributed by atoms with Gasteiger partial charge in [0.05, 0.1) is 5.69 Å². The Morgan fingerprint density at radius 2 is 1.85 bits per heavy atom. The number of benzene rings is 2. The molecule has 1 nitrogen and oxygen atoms in total. The molecule has 1 aliphatic rings. The summed E-state index contributed by atoms with van der Waals surface area (Å²) in [5.41, 5.74) is 2.21. The predicted octanol–water partition coefficient (Wildman–Crippen LogP) is 5.71. The zero-order valence-corrected chi connectivity index (χ0v) is 13.9. The van der Waals surface area contributed by atoms with Gasteiger partial charge in [0.2, 0.25) is 0 Å². The van der Waals surface area contributed by atoms with E-state index in [2.05, 4.69) is 55.4 Å². The Hall–Kier alpha value is -0.870. The largest absolute Gasteiger partial charge is 0.381 e. The van der Waals surface area contributed by atoms with Crippen molar-refractivity contribution in [3.8, 4) is 0 Å². The highest BCUT2D eigenvalue weighted by Gasteiger charge is 2.30. The summed E-state index contributed by atoms with van der Waals surface area (Å²) < 4.78 is 15.3. The molecule has 20 heavy (non-hydrogen) atoms. The molecular formula is C16H14Br2FN. The minimum Gasteiger partial charge on any atom is -0.381 e. The van der Waals surface area contributed by atoms with Crippen molar-refractivity contribution in [3.05, 3.63) is 62.8 Å². The van der Waals surface area contributed by atoms with Crippen LogP contribution in [0.15, 0.2) is 51.4 Å². The summed E-state index contributed by atoms with van der Waals surface area (Å²) in [6.45, 7) is 0. The average Bonchev–Trinajstić information content (AvgIpc) is 2.37. The average molecular weight is 399 g/mol. The lowest BCUT2D eigenvalue weighted by Gasteiger charge is -2.37. The summed E-state index contributed by atoms with van der Waals surface area (Å²) in [7, 11) is 0. The molecule has 104 valence electrons. The van der Waals surface area contributed by atoms with E-state index < -0.39 is 0 Å². The lowest BCUT2D eigenvalue weighted by molar-refractivity contribution is 0.374. The van der Waals surface area contributed by atoms with Crippen LogP contribution in [-0.4, -0.2) is 6.04 Å². The van der Waals surface area contributed by atoms with Crippen LogP contribution >= 0.6 is 31.9 Å². The van der Waals surface area contributed by atoms with E-state index in [4.69, 9.17) is 0 Å². The zero-order valence-electron chi connectivity index (χ0n) is 10.7. The van der Waals surface area contributed by atoms with Gasteiger partial charge in [-0.2, -0.15) is 0 Å². The summed E-state index contributed by atoms with van der Waals surface area (Å²) in [5, 5.41) is 3.40. The van der Waals surface area contributed by atoms with E-state index in [-0.39, 0.29) is 5.82 Å². The summed E-state index contributed by atoms with van der Waals surface area (Å²) >= 11 is 6.95. The number of hydrogen-bond donors (Lipinski definition) is 1. The summed E-state index contributed by atoms with van der Waals surface area (Å²) in [6.07, 6.45) is 2.17. The van der Waals surface area contributed by atoms with Gasteiger partial charge in [-0.05, 0) is 70.6 Å². The maximum Gasteiger partial charge on any atom is 0.125 e. The van der Waals surface area contributed by atoms with Gasteiger partial charge in [0.25, 0.3) is 0 Å². The van der Waals surface area contributed by atoms with Crippen molar-refractivity contribution in [1.82, 2.24) is 0 Å². The second kappa shape index (κ2) is 5.86. The molecule has 0 aliphatic heterocycles. The molecule has 0 atom stereocenters. The van der Waals surface area contributed by atoms with Crippen LogP contribution < -0.4 is 5.32 Å². The first-order valence-corrected chi connectivity index (χ1v) is 8.17. The Kier molecular flexibility index (Phi) is 4.13. The molecule has 0 aromatic heterocycles. The highest BCUT2D eigenvalue weighted by atomic mass is 79.9. The molecule has 0 unspecified atom stereocenters. The number of anilines is 1. The van der Waals surface area contributed by atoms with Crippen molar-refractivity contribution in [3.63, 3.8) is 0 Å². The lowest BCUT2D eigenvalue weighted by Crippen LogP contribution is -2.34. The maximum atomic E-state index is 13.2. The van der Waals surface area contributed by atoms with Crippen molar-refractivity contribution in [2.75, 3.05) is 5.32 Å². The fourth-order valence-electron chi connectivity index (χ4n) is 2.60. The fourth-order valence-corrected chi connectivity index (χ4v) is 3.37. The number of nitrogens with one attached hydrogen (secondary N) is 1. The number of rotatable bonds is 3. The lowest BCUT2D eigenvalue weighted by atomic mass is 9.76. The van der Waals surface area contributed by atoms with Gasteiger partial charge >= 0.3 is 0 Å². The normalized spacial score (nSPS) is 21.4. The molecule has 0 spiro atoms. The second-order valence-electron chi connectivity index (χ2n) is 5.19. The monoisotopic (exact) mass is 397 g/mol. The first-order valence-electron chi connectivity index (χ1n) is 6.59. The van der Waals surface area contributed by atoms with Gasteiger partial charge in [0.15, 0.2) is 0 Å². The molecule has 1 saturated carbocycles. The quantitative estimate of drug-likeness (QED) is 0.698. The first-order chi connectivity index (χ1) is 9.61. The second-order valence-corrected chi connectivity index (χ2v) is 6.96. The van der Waals surface area contributed by atoms with Crippen LogP contribution in [0, 0.1) is 5.82 Å². The van der Waals surface area contributed by atoms with Gasteiger partial charge in [0.1, 0.15) is 5.82 Å². The summed E-state index contributed by atoms with van der Waals surface area (Å²) in [6, 6.07) is 13.6.